The second kappa shape index (κ2) is 6.91. The average Bonchev–Trinajstić information content (AvgIpc) is 2.92. The third-order valence-electron chi connectivity index (χ3n) is 4.61. The van der Waals surface area contributed by atoms with Gasteiger partial charge in [0.1, 0.15) is 22.9 Å². The minimum atomic E-state index is -0.0793. The SMILES string of the molecule is COc1cccc(-c2nc3cccc(C)n3c2NC(C)(C)CC(C)(C)C)c1. The number of nitrogens with one attached hydrogen (secondary N) is 1. The molecular weight excluding hydrogens is 334 g/mol. The van der Waals surface area contributed by atoms with Crippen LogP contribution >= 0.6 is 0 Å². The number of imidazole rings is 1. The van der Waals surface area contributed by atoms with Crippen molar-refractivity contribution in [1.29, 1.82) is 0 Å². The van der Waals surface area contributed by atoms with Crippen LogP contribution in [0.5, 0.6) is 5.75 Å². The van der Waals surface area contributed by atoms with E-state index in [2.05, 4.69) is 75.5 Å². The van der Waals surface area contributed by atoms with Crippen LogP contribution in [0.1, 0.15) is 46.7 Å². The van der Waals surface area contributed by atoms with E-state index in [-0.39, 0.29) is 11.0 Å². The van der Waals surface area contributed by atoms with Crippen LogP contribution in [0.4, 0.5) is 5.82 Å². The first-order valence-electron chi connectivity index (χ1n) is 9.50. The number of nitrogens with zero attached hydrogens (tertiary/aromatic N) is 2. The van der Waals surface area contributed by atoms with Gasteiger partial charge in [0.25, 0.3) is 0 Å². The van der Waals surface area contributed by atoms with Crippen molar-refractivity contribution in [3.63, 3.8) is 0 Å². The van der Waals surface area contributed by atoms with E-state index in [9.17, 15) is 0 Å². The zero-order valence-corrected chi connectivity index (χ0v) is 17.6. The molecule has 0 saturated carbocycles. The molecule has 0 saturated heterocycles. The number of ether oxygens (including phenoxy) is 1. The van der Waals surface area contributed by atoms with Gasteiger partial charge in [-0.05, 0) is 56.9 Å². The molecule has 0 amide bonds. The Kier molecular flexibility index (Phi) is 4.94. The van der Waals surface area contributed by atoms with Crippen molar-refractivity contribution in [2.45, 2.75) is 53.5 Å². The Labute approximate surface area is 162 Å². The number of aromatic nitrogens is 2. The first-order chi connectivity index (χ1) is 12.6. The monoisotopic (exact) mass is 365 g/mol. The largest absolute Gasteiger partial charge is 0.497 e. The van der Waals surface area contributed by atoms with Crippen molar-refractivity contribution in [2.24, 2.45) is 5.41 Å². The molecule has 2 aromatic heterocycles. The molecule has 0 spiro atoms. The molecule has 0 bridgehead atoms. The summed E-state index contributed by atoms with van der Waals surface area (Å²) in [5, 5.41) is 3.80. The number of anilines is 1. The second-order valence-corrected chi connectivity index (χ2v) is 9.15. The van der Waals surface area contributed by atoms with E-state index in [4.69, 9.17) is 9.72 Å². The molecule has 1 aromatic carbocycles. The fraction of sp³-hybridized carbons (Fsp3) is 0.435. The van der Waals surface area contributed by atoms with Gasteiger partial charge in [0.2, 0.25) is 0 Å². The molecule has 3 aromatic rings. The molecule has 3 rings (SSSR count). The van der Waals surface area contributed by atoms with Gasteiger partial charge in [0.05, 0.1) is 7.11 Å². The van der Waals surface area contributed by atoms with Crippen LogP contribution in [0.15, 0.2) is 42.5 Å². The maximum atomic E-state index is 5.43. The summed E-state index contributed by atoms with van der Waals surface area (Å²) in [6.07, 6.45) is 1.04. The molecule has 4 nitrogen and oxygen atoms in total. The molecule has 0 aliphatic heterocycles. The van der Waals surface area contributed by atoms with Gasteiger partial charge in [-0.2, -0.15) is 0 Å². The summed E-state index contributed by atoms with van der Waals surface area (Å²) in [5.74, 6) is 1.87. The van der Waals surface area contributed by atoms with Crippen LogP contribution in [0, 0.1) is 12.3 Å². The van der Waals surface area contributed by atoms with Crippen LogP contribution in [0.25, 0.3) is 16.9 Å². The van der Waals surface area contributed by atoms with Crippen molar-refractivity contribution in [2.75, 3.05) is 12.4 Å². The van der Waals surface area contributed by atoms with E-state index in [1.165, 1.54) is 0 Å². The topological polar surface area (TPSA) is 38.6 Å². The number of benzene rings is 1. The third-order valence-corrected chi connectivity index (χ3v) is 4.61. The Morgan fingerprint density at radius 1 is 1.04 bits per heavy atom. The van der Waals surface area contributed by atoms with E-state index in [1.54, 1.807) is 7.11 Å². The van der Waals surface area contributed by atoms with Gasteiger partial charge in [-0.1, -0.05) is 39.0 Å². The quantitative estimate of drug-likeness (QED) is 0.607. The van der Waals surface area contributed by atoms with E-state index in [0.717, 1.165) is 40.6 Å². The number of methoxy groups -OCH3 is 1. The highest BCUT2D eigenvalue weighted by Gasteiger charge is 2.28. The fourth-order valence-electron chi connectivity index (χ4n) is 4.03. The molecule has 0 unspecified atom stereocenters. The zero-order valence-electron chi connectivity index (χ0n) is 17.6. The van der Waals surface area contributed by atoms with Gasteiger partial charge >= 0.3 is 0 Å². The number of rotatable bonds is 5. The first kappa shape index (κ1) is 19.3. The predicted octanol–water partition coefficient (Wildman–Crippen LogP) is 5.95. The highest BCUT2D eigenvalue weighted by molar-refractivity contribution is 5.78. The van der Waals surface area contributed by atoms with Crippen LogP contribution < -0.4 is 10.1 Å². The summed E-state index contributed by atoms with van der Waals surface area (Å²) in [6.45, 7) is 13.5. The van der Waals surface area contributed by atoms with Crippen LogP contribution in [-0.2, 0) is 0 Å². The lowest BCUT2D eigenvalue weighted by Crippen LogP contribution is -2.36. The van der Waals surface area contributed by atoms with Crippen LogP contribution in [0.2, 0.25) is 0 Å². The Morgan fingerprint density at radius 3 is 2.41 bits per heavy atom. The molecule has 0 aliphatic carbocycles. The van der Waals surface area contributed by atoms with Crippen LogP contribution in [0.3, 0.4) is 0 Å². The van der Waals surface area contributed by atoms with Gasteiger partial charge in [-0.3, -0.25) is 4.40 Å². The van der Waals surface area contributed by atoms with E-state index in [0.29, 0.717) is 0 Å². The summed E-state index contributed by atoms with van der Waals surface area (Å²) in [6, 6.07) is 14.3. The van der Waals surface area contributed by atoms with Crippen LogP contribution in [-0.4, -0.2) is 22.0 Å². The third kappa shape index (κ3) is 4.26. The Balaban J connectivity index is 2.17. The van der Waals surface area contributed by atoms with Gasteiger partial charge < -0.3 is 10.1 Å². The van der Waals surface area contributed by atoms with Crippen molar-refractivity contribution in [3.8, 4) is 17.0 Å². The standard InChI is InChI=1S/C23H31N3O/c1-16-10-8-13-19-24-20(17-11-9-12-18(14-17)27-7)21(26(16)19)25-23(5,6)15-22(2,3)4/h8-14,25H,15H2,1-7H3. The molecule has 0 atom stereocenters. The second-order valence-electron chi connectivity index (χ2n) is 9.15. The Bertz CT molecular complexity index is 948. The molecule has 0 radical (unpaired) electrons. The van der Waals surface area contributed by atoms with Gasteiger partial charge in [-0.15, -0.1) is 0 Å². The Morgan fingerprint density at radius 2 is 1.74 bits per heavy atom. The highest BCUT2D eigenvalue weighted by Crippen LogP contribution is 2.36. The molecule has 0 fully saturated rings. The normalized spacial score (nSPS) is 12.4. The first-order valence-corrected chi connectivity index (χ1v) is 9.50. The lowest BCUT2D eigenvalue weighted by molar-refractivity contribution is 0.302. The van der Waals surface area contributed by atoms with Crippen molar-refractivity contribution < 1.29 is 4.74 Å². The van der Waals surface area contributed by atoms with E-state index >= 15 is 0 Å². The van der Waals surface area contributed by atoms with Gasteiger partial charge in [0, 0.05) is 16.8 Å². The molecule has 1 N–H and O–H groups in total. The zero-order chi connectivity index (χ0) is 19.8. The lowest BCUT2D eigenvalue weighted by Gasteiger charge is -2.34. The van der Waals surface area contributed by atoms with Crippen molar-refractivity contribution in [1.82, 2.24) is 9.38 Å². The van der Waals surface area contributed by atoms with Crippen molar-refractivity contribution in [3.05, 3.63) is 48.2 Å². The molecule has 2 heterocycles. The number of fused-ring (bicyclic) bond motifs is 1. The van der Waals surface area contributed by atoms with Gasteiger partial charge in [0.15, 0.2) is 0 Å². The average molecular weight is 366 g/mol. The summed E-state index contributed by atoms with van der Waals surface area (Å²) in [7, 11) is 1.69. The molecular formula is C23H31N3O. The number of pyridine rings is 1. The van der Waals surface area contributed by atoms with E-state index in [1.807, 2.05) is 18.2 Å². The molecule has 27 heavy (non-hydrogen) atoms. The number of aryl methyl sites for hydroxylation is 1. The predicted molar refractivity (Wildman–Crippen MR) is 114 cm³/mol. The maximum Gasteiger partial charge on any atom is 0.139 e. The fourth-order valence-corrected chi connectivity index (χ4v) is 4.03. The molecule has 144 valence electrons. The minimum absolute atomic E-state index is 0.0793. The summed E-state index contributed by atoms with van der Waals surface area (Å²) >= 11 is 0. The number of hydrogen-bond acceptors (Lipinski definition) is 3. The highest BCUT2D eigenvalue weighted by atomic mass is 16.5. The molecule has 0 aliphatic rings. The Hall–Kier alpha value is -2.49. The number of hydrogen-bond donors (Lipinski definition) is 1. The molecule has 4 heteroatoms. The smallest absolute Gasteiger partial charge is 0.139 e. The van der Waals surface area contributed by atoms with Crippen molar-refractivity contribution >= 4 is 11.5 Å². The summed E-state index contributed by atoms with van der Waals surface area (Å²) in [5.41, 5.74) is 4.24. The van der Waals surface area contributed by atoms with Gasteiger partial charge in [-0.25, -0.2) is 4.98 Å². The maximum absolute atomic E-state index is 5.43. The van der Waals surface area contributed by atoms with E-state index < -0.39 is 0 Å². The minimum Gasteiger partial charge on any atom is -0.497 e. The summed E-state index contributed by atoms with van der Waals surface area (Å²) in [4.78, 5) is 4.94. The lowest BCUT2D eigenvalue weighted by atomic mass is 9.82. The summed E-state index contributed by atoms with van der Waals surface area (Å²) < 4.78 is 7.63.